The maximum Gasteiger partial charge on any atom is 0.253 e. The van der Waals surface area contributed by atoms with E-state index in [1.807, 2.05) is 12.1 Å². The highest BCUT2D eigenvalue weighted by Gasteiger charge is 2.18. The van der Waals surface area contributed by atoms with E-state index in [9.17, 15) is 9.90 Å². The van der Waals surface area contributed by atoms with Crippen molar-refractivity contribution >= 4 is 11.6 Å². The molecule has 1 saturated carbocycles. The number of aliphatic hydroxyl groups excluding tert-OH is 2. The fraction of sp³-hybridized carbons (Fsp3) is 0.562. The molecule has 1 aromatic rings. The molecule has 1 aliphatic carbocycles. The number of carbonyl (C=O) groups is 1. The fourth-order valence-corrected chi connectivity index (χ4v) is 2.64. The zero-order chi connectivity index (χ0) is 15.1. The molecule has 0 radical (unpaired) electrons. The maximum absolute atomic E-state index is 12.4. The molecule has 1 aliphatic rings. The quantitative estimate of drug-likeness (QED) is 0.641. The molecule has 1 atom stereocenters. The molecular weight excluding hydrogens is 268 g/mol. The first-order chi connectivity index (χ1) is 10.2. The second-order valence-corrected chi connectivity index (χ2v) is 5.57. The van der Waals surface area contributed by atoms with E-state index in [-0.39, 0.29) is 25.1 Å². The largest absolute Gasteiger partial charge is 0.394 e. The van der Waals surface area contributed by atoms with Crippen molar-refractivity contribution in [3.05, 3.63) is 29.8 Å². The van der Waals surface area contributed by atoms with Gasteiger partial charge in [0.25, 0.3) is 5.91 Å². The highest BCUT2D eigenvalue weighted by atomic mass is 16.3. The fourth-order valence-electron chi connectivity index (χ4n) is 2.64. The van der Waals surface area contributed by atoms with Crippen molar-refractivity contribution in [2.75, 3.05) is 18.5 Å². The van der Waals surface area contributed by atoms with E-state index >= 15 is 0 Å². The minimum atomic E-state index is -0.834. The van der Waals surface area contributed by atoms with Gasteiger partial charge in [0.15, 0.2) is 0 Å². The zero-order valence-electron chi connectivity index (χ0n) is 12.2. The predicted molar refractivity (Wildman–Crippen MR) is 82.4 cm³/mol. The summed E-state index contributed by atoms with van der Waals surface area (Å²) in [6, 6.07) is 7.50. The maximum atomic E-state index is 12.4. The molecule has 0 aromatic heterocycles. The molecule has 21 heavy (non-hydrogen) atoms. The molecule has 5 nitrogen and oxygen atoms in total. The first-order valence-corrected chi connectivity index (χ1v) is 7.63. The molecule has 0 bridgehead atoms. The van der Waals surface area contributed by atoms with Gasteiger partial charge in [0, 0.05) is 18.3 Å². The number of carbonyl (C=O) groups excluding carboxylic acids is 1. The van der Waals surface area contributed by atoms with Crippen molar-refractivity contribution in [1.82, 2.24) is 5.32 Å². The molecule has 0 heterocycles. The van der Waals surface area contributed by atoms with Gasteiger partial charge < -0.3 is 20.8 Å². The van der Waals surface area contributed by atoms with E-state index in [1.165, 1.54) is 19.3 Å². The molecule has 0 saturated heterocycles. The van der Waals surface area contributed by atoms with Crippen LogP contribution >= 0.6 is 0 Å². The number of para-hydroxylation sites is 1. The van der Waals surface area contributed by atoms with Crippen LogP contribution in [-0.4, -0.2) is 41.4 Å². The molecule has 116 valence electrons. The van der Waals surface area contributed by atoms with Gasteiger partial charge in [-0.3, -0.25) is 4.79 Å². The van der Waals surface area contributed by atoms with Crippen LogP contribution in [0, 0.1) is 0 Å². The number of hydrogen-bond acceptors (Lipinski definition) is 4. The number of aliphatic hydroxyl groups is 2. The van der Waals surface area contributed by atoms with Gasteiger partial charge in [0.2, 0.25) is 0 Å². The molecule has 2 rings (SSSR count). The van der Waals surface area contributed by atoms with E-state index in [2.05, 4.69) is 10.6 Å². The van der Waals surface area contributed by atoms with Gasteiger partial charge in [-0.15, -0.1) is 0 Å². The Bertz CT molecular complexity index is 459. The number of hydrogen-bond donors (Lipinski definition) is 4. The van der Waals surface area contributed by atoms with Gasteiger partial charge in [0.1, 0.15) is 0 Å². The van der Waals surface area contributed by atoms with Crippen LogP contribution < -0.4 is 10.6 Å². The highest BCUT2D eigenvalue weighted by Crippen LogP contribution is 2.20. The van der Waals surface area contributed by atoms with Gasteiger partial charge in [-0.2, -0.15) is 0 Å². The summed E-state index contributed by atoms with van der Waals surface area (Å²) < 4.78 is 0. The van der Waals surface area contributed by atoms with Crippen LogP contribution in [0.25, 0.3) is 0 Å². The van der Waals surface area contributed by atoms with Crippen LogP contribution in [0.2, 0.25) is 0 Å². The summed E-state index contributed by atoms with van der Waals surface area (Å²) in [6.07, 6.45) is 4.86. The Morgan fingerprint density at radius 3 is 2.67 bits per heavy atom. The second kappa shape index (κ2) is 8.00. The molecule has 0 aliphatic heterocycles. The molecular formula is C16H24N2O3. The summed E-state index contributed by atoms with van der Waals surface area (Å²) >= 11 is 0. The Labute approximate surface area is 125 Å². The number of amides is 1. The number of nitrogens with one attached hydrogen (secondary N) is 2. The lowest BCUT2D eigenvalue weighted by atomic mass is 9.95. The first-order valence-electron chi connectivity index (χ1n) is 7.63. The van der Waals surface area contributed by atoms with Crippen LogP contribution in [0.1, 0.15) is 42.5 Å². The normalized spacial score (nSPS) is 17.2. The standard InChI is InChI=1S/C16H24N2O3/c19-11-13(20)10-17-15-9-5-4-8-14(15)16(21)18-12-6-2-1-3-7-12/h4-5,8-9,12-13,17,19-20H,1-3,6-7,10-11H2,(H,18,21). The highest BCUT2D eigenvalue weighted by molar-refractivity contribution is 5.99. The van der Waals surface area contributed by atoms with Crippen LogP contribution in [-0.2, 0) is 0 Å². The van der Waals surface area contributed by atoms with Crippen molar-refractivity contribution in [2.45, 2.75) is 44.2 Å². The third kappa shape index (κ3) is 4.72. The van der Waals surface area contributed by atoms with Crippen molar-refractivity contribution in [3.8, 4) is 0 Å². The Morgan fingerprint density at radius 1 is 1.24 bits per heavy atom. The molecule has 4 N–H and O–H groups in total. The van der Waals surface area contributed by atoms with Crippen molar-refractivity contribution < 1.29 is 15.0 Å². The summed E-state index contributed by atoms with van der Waals surface area (Å²) in [5.41, 5.74) is 1.26. The van der Waals surface area contributed by atoms with Crippen LogP contribution in [0.4, 0.5) is 5.69 Å². The predicted octanol–water partition coefficient (Wildman–Crippen LogP) is 1.51. The minimum Gasteiger partial charge on any atom is -0.394 e. The summed E-state index contributed by atoms with van der Waals surface area (Å²) in [5.74, 6) is -0.0801. The van der Waals surface area contributed by atoms with Gasteiger partial charge in [-0.05, 0) is 25.0 Å². The minimum absolute atomic E-state index is 0.0801. The van der Waals surface area contributed by atoms with E-state index in [0.29, 0.717) is 11.3 Å². The molecule has 1 fully saturated rings. The average molecular weight is 292 g/mol. The third-order valence-corrected chi connectivity index (χ3v) is 3.85. The lowest BCUT2D eigenvalue weighted by Gasteiger charge is -2.23. The van der Waals surface area contributed by atoms with Gasteiger partial charge in [-0.25, -0.2) is 0 Å². The lowest BCUT2D eigenvalue weighted by molar-refractivity contribution is 0.0927. The Morgan fingerprint density at radius 2 is 1.95 bits per heavy atom. The average Bonchev–Trinajstić information content (AvgIpc) is 2.53. The summed E-state index contributed by atoms with van der Waals surface area (Å²) in [5, 5.41) is 24.3. The van der Waals surface area contributed by atoms with Gasteiger partial charge in [-0.1, -0.05) is 31.4 Å². The van der Waals surface area contributed by atoms with Crippen molar-refractivity contribution in [1.29, 1.82) is 0 Å². The molecule has 5 heteroatoms. The second-order valence-electron chi connectivity index (χ2n) is 5.57. The van der Waals surface area contributed by atoms with Crippen LogP contribution in [0.3, 0.4) is 0 Å². The lowest BCUT2D eigenvalue weighted by Crippen LogP contribution is -2.36. The third-order valence-electron chi connectivity index (χ3n) is 3.85. The van der Waals surface area contributed by atoms with Crippen LogP contribution in [0.15, 0.2) is 24.3 Å². The zero-order valence-corrected chi connectivity index (χ0v) is 12.2. The van der Waals surface area contributed by atoms with E-state index < -0.39 is 6.10 Å². The Kier molecular flexibility index (Phi) is 6.02. The monoisotopic (exact) mass is 292 g/mol. The molecule has 1 amide bonds. The van der Waals surface area contributed by atoms with E-state index in [4.69, 9.17) is 5.11 Å². The Hall–Kier alpha value is -1.59. The summed E-state index contributed by atoms with van der Waals surface area (Å²) in [6.45, 7) is -0.0896. The number of rotatable bonds is 6. The molecule has 1 unspecified atom stereocenters. The van der Waals surface area contributed by atoms with Crippen molar-refractivity contribution in [3.63, 3.8) is 0 Å². The smallest absolute Gasteiger partial charge is 0.253 e. The van der Waals surface area contributed by atoms with E-state index in [1.54, 1.807) is 12.1 Å². The topological polar surface area (TPSA) is 81.6 Å². The first kappa shape index (κ1) is 15.8. The summed E-state index contributed by atoms with van der Waals surface area (Å²) in [7, 11) is 0. The van der Waals surface area contributed by atoms with E-state index in [0.717, 1.165) is 12.8 Å². The number of benzene rings is 1. The summed E-state index contributed by atoms with van der Waals surface area (Å²) in [4.78, 5) is 12.4. The molecule has 0 spiro atoms. The van der Waals surface area contributed by atoms with Crippen molar-refractivity contribution in [2.24, 2.45) is 0 Å². The SMILES string of the molecule is O=C(NC1CCCCC1)c1ccccc1NCC(O)CO. The van der Waals surface area contributed by atoms with Gasteiger partial charge >= 0.3 is 0 Å². The Balaban J connectivity index is 1.98. The van der Waals surface area contributed by atoms with Gasteiger partial charge in [0.05, 0.1) is 18.3 Å². The number of anilines is 1. The van der Waals surface area contributed by atoms with Crippen LogP contribution in [0.5, 0.6) is 0 Å². The molecule has 1 aromatic carbocycles.